The molecule has 0 aromatic carbocycles. The summed E-state index contributed by atoms with van der Waals surface area (Å²) in [6, 6.07) is 0. The van der Waals surface area contributed by atoms with Gasteiger partial charge in [-0.15, -0.1) is 15.1 Å². The van der Waals surface area contributed by atoms with Crippen molar-refractivity contribution in [2.45, 2.75) is 0 Å². The van der Waals surface area contributed by atoms with E-state index in [0.717, 1.165) is 0 Å². The number of hydrogen-bond acceptors (Lipinski definition) is 5. The molecule has 0 amide bonds. The molecule has 0 aliphatic rings. The molecule has 72 valence electrons. The quantitative estimate of drug-likeness (QED) is 0.0820. The Bertz CT molecular complexity index is 235. The van der Waals surface area contributed by atoms with Crippen LogP contribution < -0.4 is 28.3 Å². The Morgan fingerprint density at radius 1 is 1.08 bits per heavy atom. The van der Waals surface area contributed by atoms with Gasteiger partial charge in [0.15, 0.2) is 0 Å². The van der Waals surface area contributed by atoms with E-state index in [9.17, 15) is 4.91 Å². The van der Waals surface area contributed by atoms with Crippen molar-refractivity contribution < 1.29 is 0 Å². The maximum absolute atomic E-state index is 9.42. The van der Waals surface area contributed by atoms with Crippen molar-refractivity contribution in [3.63, 3.8) is 0 Å². The summed E-state index contributed by atoms with van der Waals surface area (Å²) in [5, 5.41) is 14.3. The highest BCUT2D eigenvalue weighted by Crippen LogP contribution is 1.74. The molecule has 0 aliphatic carbocycles. The average molecular weight is 188 g/mol. The maximum Gasteiger partial charge on any atom is 0.260 e. The number of nitrogens with one attached hydrogen (secondary N) is 2. The molecular formula is C2H8N10O. The van der Waals surface area contributed by atoms with Crippen molar-refractivity contribution in [2.24, 2.45) is 43.0 Å². The fraction of sp³-hybridized carbons (Fsp3) is 0. The molecule has 0 aromatic rings. The molecule has 0 aliphatic heterocycles. The number of guanidine groups is 2. The molecule has 0 unspecified atom stereocenters. The fourth-order valence-electron chi connectivity index (χ4n) is 0.258. The molecule has 0 spiro atoms. The van der Waals surface area contributed by atoms with Gasteiger partial charge in [0.05, 0.1) is 0 Å². The van der Waals surface area contributed by atoms with Crippen molar-refractivity contribution in [3.8, 4) is 0 Å². The molecule has 11 nitrogen and oxygen atoms in total. The van der Waals surface area contributed by atoms with Gasteiger partial charge in [0, 0.05) is 0 Å². The molecule has 13 heavy (non-hydrogen) atoms. The van der Waals surface area contributed by atoms with Crippen molar-refractivity contribution in [3.05, 3.63) is 4.91 Å². The molecule has 0 atom stereocenters. The van der Waals surface area contributed by atoms with Gasteiger partial charge in [-0.3, -0.25) is 0 Å². The second kappa shape index (κ2) is 6.26. The van der Waals surface area contributed by atoms with Gasteiger partial charge in [0.25, 0.3) is 5.96 Å². The minimum absolute atomic E-state index is 0.197. The third-order valence-electron chi connectivity index (χ3n) is 0.589. The highest BCUT2D eigenvalue weighted by Gasteiger charge is 1.84. The standard InChI is InChI=1S/C2H8N10O/c3-1(4)6-9-10-7-2(5)8-11-12-13/h9-10H,(H2,5,7)(H4,3,4,6). The van der Waals surface area contributed by atoms with Crippen LogP contribution in [0.4, 0.5) is 0 Å². The van der Waals surface area contributed by atoms with Crippen LogP contribution in [-0.4, -0.2) is 11.9 Å². The average Bonchev–Trinajstić information content (AvgIpc) is 2.08. The van der Waals surface area contributed by atoms with E-state index < -0.39 is 0 Å². The predicted octanol–water partition coefficient (Wildman–Crippen LogP) is -2.37. The second-order valence-electron chi connectivity index (χ2n) is 1.50. The van der Waals surface area contributed by atoms with Crippen molar-refractivity contribution in [2.75, 3.05) is 0 Å². The summed E-state index contributed by atoms with van der Waals surface area (Å²) in [5.74, 6) is -0.518. The first kappa shape index (κ1) is 10.5. The van der Waals surface area contributed by atoms with Crippen LogP contribution in [0.25, 0.3) is 0 Å². The van der Waals surface area contributed by atoms with Crippen LogP contribution in [0.3, 0.4) is 0 Å². The van der Waals surface area contributed by atoms with Crippen molar-refractivity contribution in [1.82, 2.24) is 11.1 Å². The maximum atomic E-state index is 9.42. The predicted molar refractivity (Wildman–Crippen MR) is 44.4 cm³/mol. The first-order valence-corrected chi connectivity index (χ1v) is 2.82. The molecule has 8 N–H and O–H groups in total. The minimum atomic E-state index is -0.321. The number of hydrazone groups is 2. The van der Waals surface area contributed by atoms with Crippen LogP contribution in [-0.2, 0) is 0 Å². The van der Waals surface area contributed by atoms with Crippen LogP contribution >= 0.6 is 0 Å². The summed E-state index contributed by atoms with van der Waals surface area (Å²) in [5.41, 5.74) is 19.1. The molecular weight excluding hydrogens is 180 g/mol. The number of hydrogen-bond donors (Lipinski definition) is 5. The normalized spacial score (nSPS) is 10.9. The Balaban J connectivity index is 3.77. The van der Waals surface area contributed by atoms with Gasteiger partial charge >= 0.3 is 0 Å². The molecule has 11 heteroatoms. The number of nitrogens with zero attached hydrogens (tertiary/aromatic N) is 5. The van der Waals surface area contributed by atoms with Gasteiger partial charge in [-0.05, 0) is 5.22 Å². The Labute approximate surface area is 72.0 Å². The lowest BCUT2D eigenvalue weighted by molar-refractivity contribution is 0.582. The van der Waals surface area contributed by atoms with E-state index in [4.69, 9.17) is 17.2 Å². The molecule has 0 saturated heterocycles. The van der Waals surface area contributed by atoms with E-state index in [1.807, 2.05) is 0 Å². The number of hydrazine groups is 1. The lowest BCUT2D eigenvalue weighted by atomic mass is 11.1. The molecule has 0 bridgehead atoms. The van der Waals surface area contributed by atoms with Gasteiger partial charge < -0.3 is 17.2 Å². The lowest BCUT2D eigenvalue weighted by Crippen LogP contribution is -2.31. The van der Waals surface area contributed by atoms with E-state index in [2.05, 4.69) is 36.9 Å². The van der Waals surface area contributed by atoms with Crippen LogP contribution in [0.1, 0.15) is 0 Å². The molecule has 0 fully saturated rings. The smallest absolute Gasteiger partial charge is 0.260 e. The summed E-state index contributed by atoms with van der Waals surface area (Å²) in [6.45, 7) is 0. The molecule has 0 aromatic heterocycles. The van der Waals surface area contributed by atoms with Crippen LogP contribution in [0, 0.1) is 4.91 Å². The van der Waals surface area contributed by atoms with Crippen LogP contribution in [0.15, 0.2) is 25.8 Å². The van der Waals surface area contributed by atoms with E-state index in [0.29, 0.717) is 0 Å². The zero-order chi connectivity index (χ0) is 10.1. The zero-order valence-corrected chi connectivity index (χ0v) is 6.38. The first-order chi connectivity index (χ1) is 6.16. The lowest BCUT2D eigenvalue weighted by Gasteiger charge is -1.96. The van der Waals surface area contributed by atoms with Crippen LogP contribution in [0.5, 0.6) is 0 Å². The molecule has 0 rings (SSSR count). The summed E-state index contributed by atoms with van der Waals surface area (Å²) in [4.78, 5) is 9.42. The number of nitrogens with two attached hydrogens (primary N) is 3. The summed E-state index contributed by atoms with van der Waals surface area (Å²) < 4.78 is 0. The third-order valence-corrected chi connectivity index (χ3v) is 0.589. The van der Waals surface area contributed by atoms with E-state index in [1.54, 1.807) is 0 Å². The fourth-order valence-corrected chi connectivity index (χ4v) is 0.258. The molecule has 0 saturated carbocycles. The van der Waals surface area contributed by atoms with E-state index in [1.165, 1.54) is 0 Å². The third kappa shape index (κ3) is 7.44. The van der Waals surface area contributed by atoms with Crippen molar-refractivity contribution in [1.29, 1.82) is 0 Å². The monoisotopic (exact) mass is 188 g/mol. The summed E-state index contributed by atoms with van der Waals surface area (Å²) in [7, 11) is 0. The largest absolute Gasteiger partial charge is 0.369 e. The van der Waals surface area contributed by atoms with Crippen LogP contribution in [0.2, 0.25) is 0 Å². The first-order valence-electron chi connectivity index (χ1n) is 2.82. The van der Waals surface area contributed by atoms with Gasteiger partial charge in [-0.25, -0.2) is 11.1 Å². The Hall–Kier alpha value is -2.46. The Morgan fingerprint density at radius 2 is 1.69 bits per heavy atom. The minimum Gasteiger partial charge on any atom is -0.369 e. The zero-order valence-electron chi connectivity index (χ0n) is 6.38. The van der Waals surface area contributed by atoms with Crippen molar-refractivity contribution >= 4 is 11.9 Å². The molecule has 0 radical (unpaired) electrons. The SMILES string of the molecule is NC(N)=NNNN=C(N)N=NN=O. The Morgan fingerprint density at radius 3 is 2.23 bits per heavy atom. The number of rotatable bonds is 4. The van der Waals surface area contributed by atoms with E-state index >= 15 is 0 Å². The van der Waals surface area contributed by atoms with Gasteiger partial charge in [-0.1, -0.05) is 5.11 Å². The Kier molecular flexibility index (Phi) is 5.08. The second-order valence-corrected chi connectivity index (χ2v) is 1.50. The number of nitroso groups, excluding NO2 is 1. The van der Waals surface area contributed by atoms with Gasteiger partial charge in [0.1, 0.15) is 5.29 Å². The van der Waals surface area contributed by atoms with Gasteiger partial charge in [-0.2, -0.15) is 0 Å². The topological polar surface area (TPSA) is 181 Å². The molecule has 0 heterocycles. The summed E-state index contributed by atoms with van der Waals surface area (Å²) >= 11 is 0. The van der Waals surface area contributed by atoms with Gasteiger partial charge in [0.2, 0.25) is 5.96 Å². The highest BCUT2D eigenvalue weighted by molar-refractivity contribution is 5.77. The highest BCUT2D eigenvalue weighted by atomic mass is 16.3. The summed E-state index contributed by atoms with van der Waals surface area (Å²) in [6.07, 6.45) is 0. The van der Waals surface area contributed by atoms with E-state index in [-0.39, 0.29) is 11.9 Å².